The van der Waals surface area contributed by atoms with Gasteiger partial charge in [0.15, 0.2) is 0 Å². The second kappa shape index (κ2) is 3.18. The Kier molecular flexibility index (Phi) is 2.25. The Morgan fingerprint density at radius 2 is 2.45 bits per heavy atom. The van der Waals surface area contributed by atoms with Gasteiger partial charge in [-0.2, -0.15) is 4.98 Å². The molecule has 0 aliphatic carbocycles. The van der Waals surface area contributed by atoms with E-state index in [4.69, 9.17) is 4.74 Å². The van der Waals surface area contributed by atoms with E-state index < -0.39 is 0 Å². The van der Waals surface area contributed by atoms with Crippen molar-refractivity contribution in [2.75, 3.05) is 6.61 Å². The predicted molar refractivity (Wildman–Crippen MR) is 40.8 cm³/mol. The van der Waals surface area contributed by atoms with E-state index in [-0.39, 0.29) is 5.69 Å². The summed E-state index contributed by atoms with van der Waals surface area (Å²) in [7, 11) is 0. The van der Waals surface area contributed by atoms with Crippen LogP contribution in [0.25, 0.3) is 0 Å². The van der Waals surface area contributed by atoms with E-state index in [0.29, 0.717) is 12.5 Å². The standard InChI is InChI=1S/C7H10N2O2/c1-3-11-6-5(2)4-8-7(10)9-6/h4H,3H2,1-2H3,(H,8,9,10). The van der Waals surface area contributed by atoms with E-state index in [1.807, 2.05) is 13.8 Å². The number of hydrogen-bond acceptors (Lipinski definition) is 3. The molecule has 1 aromatic rings. The normalized spacial score (nSPS) is 9.64. The SMILES string of the molecule is CCOc1nc(=O)[nH]cc1C. The van der Waals surface area contributed by atoms with E-state index in [1.54, 1.807) is 6.20 Å². The maximum absolute atomic E-state index is 10.7. The van der Waals surface area contributed by atoms with E-state index in [1.165, 1.54) is 0 Å². The molecule has 0 fully saturated rings. The number of aromatic nitrogens is 2. The van der Waals surface area contributed by atoms with Crippen LogP contribution in [0.4, 0.5) is 0 Å². The molecule has 0 unspecified atom stereocenters. The summed E-state index contributed by atoms with van der Waals surface area (Å²) < 4.78 is 5.09. The summed E-state index contributed by atoms with van der Waals surface area (Å²) in [6.07, 6.45) is 1.58. The molecule has 0 aliphatic rings. The van der Waals surface area contributed by atoms with Crippen LogP contribution >= 0.6 is 0 Å². The van der Waals surface area contributed by atoms with E-state index in [0.717, 1.165) is 5.56 Å². The molecule has 4 heteroatoms. The second-order valence-electron chi connectivity index (χ2n) is 2.13. The van der Waals surface area contributed by atoms with Gasteiger partial charge in [0.25, 0.3) is 0 Å². The highest BCUT2D eigenvalue weighted by Gasteiger charge is 1.99. The maximum Gasteiger partial charge on any atom is 0.348 e. The van der Waals surface area contributed by atoms with Gasteiger partial charge in [-0.25, -0.2) is 4.79 Å². The molecule has 11 heavy (non-hydrogen) atoms. The minimum absolute atomic E-state index is 0.376. The summed E-state index contributed by atoms with van der Waals surface area (Å²) in [6.45, 7) is 4.20. The molecular weight excluding hydrogens is 144 g/mol. The monoisotopic (exact) mass is 154 g/mol. The highest BCUT2D eigenvalue weighted by molar-refractivity contribution is 5.19. The summed E-state index contributed by atoms with van der Waals surface area (Å²) in [4.78, 5) is 16.8. The van der Waals surface area contributed by atoms with Gasteiger partial charge in [0, 0.05) is 11.8 Å². The van der Waals surface area contributed by atoms with Gasteiger partial charge in [0.2, 0.25) is 5.88 Å². The van der Waals surface area contributed by atoms with Gasteiger partial charge in [-0.1, -0.05) is 0 Å². The summed E-state index contributed by atoms with van der Waals surface area (Å²) in [5, 5.41) is 0. The van der Waals surface area contributed by atoms with Crippen molar-refractivity contribution in [1.29, 1.82) is 0 Å². The van der Waals surface area contributed by atoms with Crippen molar-refractivity contribution < 1.29 is 4.74 Å². The molecule has 0 amide bonds. The Morgan fingerprint density at radius 3 is 3.09 bits per heavy atom. The topological polar surface area (TPSA) is 55.0 Å². The van der Waals surface area contributed by atoms with E-state index in [2.05, 4.69) is 9.97 Å². The smallest absolute Gasteiger partial charge is 0.348 e. The summed E-state index contributed by atoms with van der Waals surface area (Å²) in [5.74, 6) is 0.413. The summed E-state index contributed by atoms with van der Waals surface area (Å²) in [6, 6.07) is 0. The van der Waals surface area contributed by atoms with E-state index in [9.17, 15) is 4.79 Å². The Labute approximate surface area is 64.2 Å². The van der Waals surface area contributed by atoms with Crippen LogP contribution in [0, 0.1) is 6.92 Å². The highest BCUT2D eigenvalue weighted by atomic mass is 16.5. The third kappa shape index (κ3) is 1.80. The first kappa shape index (κ1) is 7.78. The molecule has 0 spiro atoms. The second-order valence-corrected chi connectivity index (χ2v) is 2.13. The highest BCUT2D eigenvalue weighted by Crippen LogP contribution is 2.08. The molecule has 1 N–H and O–H groups in total. The molecule has 0 saturated carbocycles. The van der Waals surface area contributed by atoms with Crippen LogP contribution in [0.1, 0.15) is 12.5 Å². The van der Waals surface area contributed by atoms with Gasteiger partial charge in [-0.15, -0.1) is 0 Å². The van der Waals surface area contributed by atoms with E-state index >= 15 is 0 Å². The maximum atomic E-state index is 10.7. The lowest BCUT2D eigenvalue weighted by Crippen LogP contribution is -2.12. The lowest BCUT2D eigenvalue weighted by Gasteiger charge is -2.02. The number of nitrogens with one attached hydrogen (secondary N) is 1. The molecule has 0 bridgehead atoms. The van der Waals surface area contributed by atoms with Crippen molar-refractivity contribution in [3.63, 3.8) is 0 Å². The van der Waals surface area contributed by atoms with Crippen molar-refractivity contribution in [1.82, 2.24) is 9.97 Å². The summed E-state index contributed by atoms with van der Waals surface area (Å²) >= 11 is 0. The van der Waals surface area contributed by atoms with Gasteiger partial charge >= 0.3 is 5.69 Å². The first-order valence-corrected chi connectivity index (χ1v) is 3.43. The Hall–Kier alpha value is -1.32. The molecule has 4 nitrogen and oxygen atoms in total. The first-order valence-electron chi connectivity index (χ1n) is 3.43. The molecular formula is C7H10N2O2. The largest absolute Gasteiger partial charge is 0.478 e. The molecule has 0 aromatic carbocycles. The average molecular weight is 154 g/mol. The number of ether oxygens (including phenoxy) is 1. The van der Waals surface area contributed by atoms with Gasteiger partial charge in [0.05, 0.1) is 6.61 Å². The zero-order chi connectivity index (χ0) is 8.27. The van der Waals surface area contributed by atoms with Crippen LogP contribution in [0.5, 0.6) is 5.88 Å². The average Bonchev–Trinajstić information content (AvgIpc) is 1.98. The van der Waals surface area contributed by atoms with Gasteiger partial charge in [-0.3, -0.25) is 0 Å². The molecule has 0 saturated heterocycles. The van der Waals surface area contributed by atoms with Gasteiger partial charge < -0.3 is 9.72 Å². The van der Waals surface area contributed by atoms with Crippen molar-refractivity contribution in [3.05, 3.63) is 22.2 Å². The molecule has 1 aromatic heterocycles. The number of aryl methyl sites for hydroxylation is 1. The summed E-state index contributed by atoms with van der Waals surface area (Å²) in [5.41, 5.74) is 0.463. The fourth-order valence-corrected chi connectivity index (χ4v) is 0.727. The Balaban J connectivity index is 3.02. The number of aromatic amines is 1. The minimum atomic E-state index is -0.376. The zero-order valence-corrected chi connectivity index (χ0v) is 6.55. The van der Waals surface area contributed by atoms with Crippen LogP contribution in [0.3, 0.4) is 0 Å². The van der Waals surface area contributed by atoms with Crippen LogP contribution < -0.4 is 10.4 Å². The number of rotatable bonds is 2. The van der Waals surface area contributed by atoms with Crippen molar-refractivity contribution in [2.45, 2.75) is 13.8 Å². The van der Waals surface area contributed by atoms with Crippen molar-refractivity contribution in [3.8, 4) is 5.88 Å². The molecule has 0 aliphatic heterocycles. The fourth-order valence-electron chi connectivity index (χ4n) is 0.727. The minimum Gasteiger partial charge on any atom is -0.478 e. The molecule has 1 rings (SSSR count). The van der Waals surface area contributed by atoms with Crippen LogP contribution in [-0.4, -0.2) is 16.6 Å². The number of H-pyrrole nitrogens is 1. The third-order valence-electron chi connectivity index (χ3n) is 1.23. The van der Waals surface area contributed by atoms with Crippen LogP contribution in [0.15, 0.2) is 11.0 Å². The predicted octanol–water partition coefficient (Wildman–Crippen LogP) is 0.477. The van der Waals surface area contributed by atoms with Gasteiger partial charge in [0.1, 0.15) is 0 Å². The lowest BCUT2D eigenvalue weighted by molar-refractivity contribution is 0.322. The lowest BCUT2D eigenvalue weighted by atomic mass is 10.4. The fraction of sp³-hybridized carbons (Fsp3) is 0.429. The number of nitrogens with zero attached hydrogens (tertiary/aromatic N) is 1. The molecule has 60 valence electrons. The molecule has 0 radical (unpaired) electrons. The number of hydrogen-bond donors (Lipinski definition) is 1. The van der Waals surface area contributed by atoms with Crippen molar-refractivity contribution in [2.24, 2.45) is 0 Å². The zero-order valence-electron chi connectivity index (χ0n) is 6.55. The van der Waals surface area contributed by atoms with Crippen LogP contribution in [0.2, 0.25) is 0 Å². The molecule has 1 heterocycles. The van der Waals surface area contributed by atoms with Crippen molar-refractivity contribution >= 4 is 0 Å². The Bertz CT molecular complexity index is 293. The Morgan fingerprint density at radius 1 is 1.73 bits per heavy atom. The quantitative estimate of drug-likeness (QED) is 0.674. The third-order valence-corrected chi connectivity index (χ3v) is 1.23. The van der Waals surface area contributed by atoms with Gasteiger partial charge in [-0.05, 0) is 13.8 Å². The van der Waals surface area contributed by atoms with Crippen LogP contribution in [-0.2, 0) is 0 Å². The molecule has 0 atom stereocenters. The first-order chi connectivity index (χ1) is 5.24.